The molecule has 66 valence electrons. The van der Waals surface area contributed by atoms with Crippen molar-refractivity contribution >= 4 is 5.97 Å². The summed E-state index contributed by atoms with van der Waals surface area (Å²) in [6, 6.07) is 0. The molecule has 0 rings (SSSR count). The Hall–Kier alpha value is -0.570. The number of esters is 1. The second kappa shape index (κ2) is 6.16. The third-order valence-electron chi connectivity index (χ3n) is 1.61. The lowest BCUT2D eigenvalue weighted by Crippen LogP contribution is -2.21. The van der Waals surface area contributed by atoms with Gasteiger partial charge in [-0.1, -0.05) is 13.8 Å². The molecule has 11 heavy (non-hydrogen) atoms. The molecule has 3 heteroatoms. The summed E-state index contributed by atoms with van der Waals surface area (Å²) >= 11 is 0. The fourth-order valence-corrected chi connectivity index (χ4v) is 0.814. The lowest BCUT2D eigenvalue weighted by molar-refractivity contribution is -0.144. The van der Waals surface area contributed by atoms with E-state index >= 15 is 0 Å². The molecule has 0 heterocycles. The van der Waals surface area contributed by atoms with Gasteiger partial charge in [0.2, 0.25) is 0 Å². The van der Waals surface area contributed by atoms with Crippen LogP contribution in [0.2, 0.25) is 0 Å². The average Bonchev–Trinajstić information content (AvgIpc) is 2.03. The molecule has 0 fully saturated rings. The van der Waals surface area contributed by atoms with Gasteiger partial charge in [-0.15, -0.1) is 0 Å². The maximum atomic E-state index is 10.9. The molecule has 0 spiro atoms. The number of nitrogens with one attached hydrogen (secondary N) is 1. The Morgan fingerprint density at radius 3 is 2.73 bits per heavy atom. The molecule has 0 aliphatic carbocycles. The number of hydrogen-bond acceptors (Lipinski definition) is 3. The van der Waals surface area contributed by atoms with Crippen LogP contribution in [0.3, 0.4) is 0 Å². The molecule has 0 aromatic rings. The molecule has 0 amide bonds. The first-order valence-electron chi connectivity index (χ1n) is 4.00. The molecular formula is C8H17NO2. The molecule has 0 aromatic heterocycles. The molecule has 0 radical (unpaired) electrons. The zero-order valence-electron chi connectivity index (χ0n) is 7.52. The monoisotopic (exact) mass is 159 g/mol. The maximum Gasteiger partial charge on any atom is 0.308 e. The number of ether oxygens (including phenoxy) is 1. The van der Waals surface area contributed by atoms with E-state index in [9.17, 15) is 4.79 Å². The molecule has 0 bridgehead atoms. The summed E-state index contributed by atoms with van der Waals surface area (Å²) < 4.78 is 4.58. The van der Waals surface area contributed by atoms with E-state index in [1.807, 2.05) is 13.8 Å². The van der Waals surface area contributed by atoms with Crippen LogP contribution in [0.5, 0.6) is 0 Å². The van der Waals surface area contributed by atoms with E-state index in [1.165, 1.54) is 7.11 Å². The minimum Gasteiger partial charge on any atom is -0.469 e. The molecule has 1 atom stereocenters. The van der Waals surface area contributed by atoms with Crippen molar-refractivity contribution in [3.8, 4) is 0 Å². The van der Waals surface area contributed by atoms with Crippen molar-refractivity contribution in [2.24, 2.45) is 5.92 Å². The first-order valence-corrected chi connectivity index (χ1v) is 4.00. The Morgan fingerprint density at radius 2 is 2.27 bits per heavy atom. The summed E-state index contributed by atoms with van der Waals surface area (Å²) in [6.45, 7) is 5.76. The number of carbonyl (C=O) groups excluding carboxylic acids is 1. The molecule has 0 aliphatic heterocycles. The Morgan fingerprint density at radius 1 is 1.64 bits per heavy atom. The Balaban J connectivity index is 3.36. The van der Waals surface area contributed by atoms with Crippen LogP contribution in [0.15, 0.2) is 0 Å². The van der Waals surface area contributed by atoms with Crippen LogP contribution in [0, 0.1) is 5.92 Å². The van der Waals surface area contributed by atoms with E-state index in [2.05, 4.69) is 10.1 Å². The zero-order valence-corrected chi connectivity index (χ0v) is 7.52. The smallest absolute Gasteiger partial charge is 0.308 e. The van der Waals surface area contributed by atoms with Crippen molar-refractivity contribution in [3.63, 3.8) is 0 Å². The summed E-state index contributed by atoms with van der Waals surface area (Å²) in [5.74, 6) is -0.109. The number of carbonyl (C=O) groups is 1. The van der Waals surface area contributed by atoms with Gasteiger partial charge in [0.15, 0.2) is 0 Å². The highest BCUT2D eigenvalue weighted by Gasteiger charge is 2.11. The summed E-state index contributed by atoms with van der Waals surface area (Å²) in [7, 11) is 1.42. The van der Waals surface area contributed by atoms with Crippen LogP contribution in [0.25, 0.3) is 0 Å². The highest BCUT2D eigenvalue weighted by Crippen LogP contribution is 2.01. The molecular weight excluding hydrogens is 142 g/mol. The van der Waals surface area contributed by atoms with Gasteiger partial charge in [-0.25, -0.2) is 0 Å². The minimum atomic E-state index is -0.122. The minimum absolute atomic E-state index is 0.0130. The van der Waals surface area contributed by atoms with E-state index in [1.54, 1.807) is 0 Å². The quantitative estimate of drug-likeness (QED) is 0.476. The number of rotatable bonds is 5. The summed E-state index contributed by atoms with van der Waals surface area (Å²) in [5.41, 5.74) is 0. The Labute approximate surface area is 68.1 Å². The molecule has 3 nitrogen and oxygen atoms in total. The van der Waals surface area contributed by atoms with Crippen molar-refractivity contribution in [2.75, 3.05) is 20.2 Å². The van der Waals surface area contributed by atoms with Crippen LogP contribution < -0.4 is 5.32 Å². The number of methoxy groups -OCH3 is 1. The van der Waals surface area contributed by atoms with Gasteiger partial charge in [0, 0.05) is 0 Å². The zero-order chi connectivity index (χ0) is 8.69. The topological polar surface area (TPSA) is 38.3 Å². The van der Waals surface area contributed by atoms with Crippen LogP contribution in [0.4, 0.5) is 0 Å². The summed E-state index contributed by atoms with van der Waals surface area (Å²) in [5, 5.41) is 3.15. The van der Waals surface area contributed by atoms with E-state index in [-0.39, 0.29) is 11.9 Å². The highest BCUT2D eigenvalue weighted by molar-refractivity contribution is 5.71. The van der Waals surface area contributed by atoms with Gasteiger partial charge in [-0.05, 0) is 19.5 Å². The van der Waals surface area contributed by atoms with Gasteiger partial charge in [-0.2, -0.15) is 0 Å². The average molecular weight is 159 g/mol. The lowest BCUT2D eigenvalue weighted by Gasteiger charge is -2.08. The second-order valence-electron chi connectivity index (χ2n) is 2.57. The fourth-order valence-electron chi connectivity index (χ4n) is 0.814. The Bertz CT molecular complexity index is 115. The maximum absolute atomic E-state index is 10.9. The largest absolute Gasteiger partial charge is 0.469 e. The van der Waals surface area contributed by atoms with Crippen molar-refractivity contribution < 1.29 is 9.53 Å². The fraction of sp³-hybridized carbons (Fsp3) is 0.875. The SMILES string of the molecule is CCNCCC(C)C(=O)OC. The number of hydrogen-bond donors (Lipinski definition) is 1. The van der Waals surface area contributed by atoms with Crippen molar-refractivity contribution in [1.82, 2.24) is 5.32 Å². The van der Waals surface area contributed by atoms with Gasteiger partial charge in [-0.3, -0.25) is 4.79 Å². The van der Waals surface area contributed by atoms with E-state index in [4.69, 9.17) is 0 Å². The molecule has 0 saturated heterocycles. The Kier molecular flexibility index (Phi) is 5.84. The van der Waals surface area contributed by atoms with Gasteiger partial charge >= 0.3 is 5.97 Å². The van der Waals surface area contributed by atoms with Gasteiger partial charge < -0.3 is 10.1 Å². The summed E-state index contributed by atoms with van der Waals surface area (Å²) in [6.07, 6.45) is 0.848. The molecule has 1 N–H and O–H groups in total. The van der Waals surface area contributed by atoms with Gasteiger partial charge in [0.05, 0.1) is 13.0 Å². The van der Waals surface area contributed by atoms with Crippen molar-refractivity contribution in [2.45, 2.75) is 20.3 Å². The lowest BCUT2D eigenvalue weighted by atomic mass is 10.1. The predicted molar refractivity (Wildman–Crippen MR) is 44.3 cm³/mol. The third kappa shape index (κ3) is 4.79. The third-order valence-corrected chi connectivity index (χ3v) is 1.61. The van der Waals surface area contributed by atoms with Crippen LogP contribution in [-0.2, 0) is 9.53 Å². The first-order chi connectivity index (χ1) is 5.22. The van der Waals surface area contributed by atoms with Crippen LogP contribution in [-0.4, -0.2) is 26.2 Å². The standard InChI is InChI=1S/C8H17NO2/c1-4-9-6-5-7(2)8(10)11-3/h7,9H,4-6H2,1-3H3. The first kappa shape index (κ1) is 10.4. The van der Waals surface area contributed by atoms with Crippen molar-refractivity contribution in [1.29, 1.82) is 0 Å². The van der Waals surface area contributed by atoms with E-state index in [0.717, 1.165) is 19.5 Å². The van der Waals surface area contributed by atoms with E-state index < -0.39 is 0 Å². The molecule has 0 aromatic carbocycles. The van der Waals surface area contributed by atoms with E-state index in [0.29, 0.717) is 0 Å². The van der Waals surface area contributed by atoms with Crippen LogP contribution >= 0.6 is 0 Å². The summed E-state index contributed by atoms with van der Waals surface area (Å²) in [4.78, 5) is 10.9. The molecule has 0 saturated carbocycles. The van der Waals surface area contributed by atoms with Gasteiger partial charge in [0.25, 0.3) is 0 Å². The highest BCUT2D eigenvalue weighted by atomic mass is 16.5. The van der Waals surface area contributed by atoms with Gasteiger partial charge in [0.1, 0.15) is 0 Å². The molecule has 0 aliphatic rings. The van der Waals surface area contributed by atoms with Crippen LogP contribution in [0.1, 0.15) is 20.3 Å². The molecule has 1 unspecified atom stereocenters. The second-order valence-corrected chi connectivity index (χ2v) is 2.57. The van der Waals surface area contributed by atoms with Crippen molar-refractivity contribution in [3.05, 3.63) is 0 Å². The normalized spacial score (nSPS) is 12.6. The predicted octanol–water partition coefficient (Wildman–Crippen LogP) is 0.795.